The summed E-state index contributed by atoms with van der Waals surface area (Å²) in [5, 5.41) is 27.4. The number of ether oxygens (including phenoxy) is 2. The first-order valence-corrected chi connectivity index (χ1v) is 12.4. The van der Waals surface area contributed by atoms with Crippen molar-refractivity contribution in [3.8, 4) is 11.5 Å². The summed E-state index contributed by atoms with van der Waals surface area (Å²) in [4.78, 5) is 16.4. The van der Waals surface area contributed by atoms with Crippen molar-refractivity contribution in [3.63, 3.8) is 0 Å². The molecule has 2 aliphatic heterocycles. The number of nitrogens with zero attached hydrogens (tertiary/aromatic N) is 2. The van der Waals surface area contributed by atoms with Gasteiger partial charge in [-0.1, -0.05) is 30.3 Å². The summed E-state index contributed by atoms with van der Waals surface area (Å²) >= 11 is 0. The number of anilines is 3. The predicted molar refractivity (Wildman–Crippen MR) is 148 cm³/mol. The zero-order chi connectivity index (χ0) is 26.8. The summed E-state index contributed by atoms with van der Waals surface area (Å²) in [7, 11) is 4.89. The summed E-state index contributed by atoms with van der Waals surface area (Å²) in [6.07, 6.45) is -0.578. The van der Waals surface area contributed by atoms with Crippen LogP contribution in [0.1, 0.15) is 16.8 Å². The van der Waals surface area contributed by atoms with Gasteiger partial charge < -0.3 is 35.0 Å². The molecule has 0 aliphatic carbocycles. The van der Waals surface area contributed by atoms with Crippen LogP contribution in [0.3, 0.4) is 0 Å². The molecule has 9 heteroatoms. The van der Waals surface area contributed by atoms with E-state index in [0.717, 1.165) is 11.4 Å². The number of amides is 1. The fourth-order valence-corrected chi connectivity index (χ4v) is 4.94. The number of benzene rings is 3. The van der Waals surface area contributed by atoms with Crippen LogP contribution in [0.5, 0.6) is 11.5 Å². The summed E-state index contributed by atoms with van der Waals surface area (Å²) < 4.78 is 10.9. The van der Waals surface area contributed by atoms with Crippen molar-refractivity contribution in [2.75, 3.05) is 43.3 Å². The molecule has 2 heterocycles. The number of hydrogen-bond acceptors (Lipinski definition) is 7. The van der Waals surface area contributed by atoms with E-state index in [4.69, 9.17) is 14.9 Å². The molecular weight excluding hydrogens is 482 g/mol. The highest BCUT2D eigenvalue weighted by molar-refractivity contribution is 6.13. The van der Waals surface area contributed by atoms with Gasteiger partial charge in [-0.3, -0.25) is 10.2 Å². The molecule has 4 N–H and O–H groups in total. The summed E-state index contributed by atoms with van der Waals surface area (Å²) in [6, 6.07) is 21.7. The summed E-state index contributed by atoms with van der Waals surface area (Å²) in [5.74, 6) is 1.76. The molecule has 1 saturated heterocycles. The number of fused-ring (bicyclic) bond motifs is 1. The second-order valence-corrected chi connectivity index (χ2v) is 9.27. The number of methoxy groups -OCH3 is 2. The third kappa shape index (κ3) is 4.64. The van der Waals surface area contributed by atoms with Crippen LogP contribution in [-0.4, -0.2) is 61.7 Å². The van der Waals surface area contributed by atoms with Crippen molar-refractivity contribution in [1.82, 2.24) is 4.90 Å². The second-order valence-electron chi connectivity index (χ2n) is 9.27. The van der Waals surface area contributed by atoms with Crippen LogP contribution in [0.15, 0.2) is 84.2 Å². The van der Waals surface area contributed by atoms with Crippen molar-refractivity contribution < 1.29 is 19.4 Å². The van der Waals surface area contributed by atoms with Gasteiger partial charge in [-0.05, 0) is 30.7 Å². The van der Waals surface area contributed by atoms with E-state index in [1.54, 1.807) is 49.3 Å². The largest absolute Gasteiger partial charge is 0.497 e. The lowest BCUT2D eigenvalue weighted by Gasteiger charge is -2.29. The van der Waals surface area contributed by atoms with Gasteiger partial charge in [-0.2, -0.15) is 0 Å². The van der Waals surface area contributed by atoms with Crippen LogP contribution in [0, 0.1) is 5.41 Å². The number of aliphatic hydroxyl groups excluding tert-OH is 1. The molecule has 1 amide bonds. The molecule has 3 aromatic carbocycles. The smallest absolute Gasteiger partial charge is 0.253 e. The van der Waals surface area contributed by atoms with Crippen molar-refractivity contribution in [3.05, 3.63) is 89.8 Å². The van der Waals surface area contributed by atoms with Crippen molar-refractivity contribution in [2.24, 2.45) is 0 Å². The standard InChI is InChI=1S/C29H31N5O4/c1-33(29(36)18-9-5-4-6-10-18)14-13-24-26(35)25(28-31-22-11-7-8-12-23(22)32-28)27(30)34(24)19-15-20(37-2)17-21(16-19)38-3/h4-12,15-17,24,26,30-32,35H,13-14H2,1-3H3. The van der Waals surface area contributed by atoms with E-state index >= 15 is 0 Å². The normalized spacial score (nSPS) is 18.1. The molecule has 2 atom stereocenters. The van der Waals surface area contributed by atoms with Gasteiger partial charge in [0.15, 0.2) is 0 Å². The number of aliphatic hydroxyl groups is 1. The maximum atomic E-state index is 13.0. The Bertz CT molecular complexity index is 1340. The maximum Gasteiger partial charge on any atom is 0.253 e. The van der Waals surface area contributed by atoms with E-state index < -0.39 is 12.1 Å². The third-order valence-electron chi connectivity index (χ3n) is 6.95. The molecule has 0 aromatic heterocycles. The predicted octanol–water partition coefficient (Wildman–Crippen LogP) is 4.14. The molecule has 9 nitrogen and oxygen atoms in total. The zero-order valence-corrected chi connectivity index (χ0v) is 21.6. The Morgan fingerprint density at radius 3 is 2.13 bits per heavy atom. The van der Waals surface area contributed by atoms with Crippen LogP contribution in [-0.2, 0) is 0 Å². The Balaban J connectivity index is 1.48. The van der Waals surface area contributed by atoms with Gasteiger partial charge in [0, 0.05) is 37.4 Å². The van der Waals surface area contributed by atoms with Crippen LogP contribution in [0.25, 0.3) is 0 Å². The number of carbonyl (C=O) groups excluding carboxylic acids is 1. The van der Waals surface area contributed by atoms with Gasteiger partial charge in [-0.15, -0.1) is 0 Å². The van der Waals surface area contributed by atoms with Gasteiger partial charge in [0.25, 0.3) is 5.91 Å². The lowest BCUT2D eigenvalue weighted by atomic mass is 10.0. The number of hydrogen-bond donors (Lipinski definition) is 4. The van der Waals surface area contributed by atoms with E-state index in [1.165, 1.54) is 0 Å². The highest BCUT2D eigenvalue weighted by Gasteiger charge is 2.44. The first-order chi connectivity index (χ1) is 18.4. The van der Waals surface area contributed by atoms with Gasteiger partial charge >= 0.3 is 0 Å². The molecule has 0 spiro atoms. The van der Waals surface area contributed by atoms with Gasteiger partial charge in [0.2, 0.25) is 0 Å². The highest BCUT2D eigenvalue weighted by Crippen LogP contribution is 2.40. The number of nitrogens with one attached hydrogen (secondary N) is 3. The second kappa shape index (κ2) is 10.5. The minimum Gasteiger partial charge on any atom is -0.497 e. The average Bonchev–Trinajstić information content (AvgIpc) is 3.48. The van der Waals surface area contributed by atoms with Crippen molar-refractivity contribution in [2.45, 2.75) is 18.6 Å². The van der Waals surface area contributed by atoms with Gasteiger partial charge in [0.05, 0.1) is 42.9 Å². The van der Waals surface area contributed by atoms with E-state index in [9.17, 15) is 9.90 Å². The number of rotatable bonds is 7. The number of carbonyl (C=O) groups is 1. The van der Waals surface area contributed by atoms with Gasteiger partial charge in [-0.25, -0.2) is 0 Å². The molecule has 196 valence electrons. The van der Waals surface area contributed by atoms with Crippen LogP contribution in [0.2, 0.25) is 0 Å². The molecule has 0 radical (unpaired) electrons. The van der Waals surface area contributed by atoms with E-state index in [2.05, 4.69) is 10.6 Å². The number of amidine groups is 1. The lowest BCUT2D eigenvalue weighted by molar-refractivity contribution is 0.0783. The molecular formula is C29H31N5O4. The maximum absolute atomic E-state index is 13.0. The Kier molecular flexibility index (Phi) is 6.93. The Morgan fingerprint density at radius 1 is 0.974 bits per heavy atom. The molecule has 1 fully saturated rings. The van der Waals surface area contributed by atoms with Crippen LogP contribution >= 0.6 is 0 Å². The Morgan fingerprint density at radius 2 is 1.55 bits per heavy atom. The first kappa shape index (κ1) is 25.2. The van der Waals surface area contributed by atoms with E-state index in [-0.39, 0.29) is 11.7 Å². The minimum absolute atomic E-state index is 0.101. The molecule has 0 saturated carbocycles. The lowest BCUT2D eigenvalue weighted by Crippen LogP contribution is -2.40. The zero-order valence-electron chi connectivity index (χ0n) is 21.6. The molecule has 2 aliphatic rings. The molecule has 5 rings (SSSR count). The quantitative estimate of drug-likeness (QED) is 0.376. The van der Waals surface area contributed by atoms with E-state index in [1.807, 2.05) is 54.6 Å². The fraction of sp³-hybridized carbons (Fsp3) is 0.241. The van der Waals surface area contributed by atoms with Crippen molar-refractivity contribution >= 4 is 28.8 Å². The Labute approximate surface area is 221 Å². The minimum atomic E-state index is -0.996. The monoisotopic (exact) mass is 513 g/mol. The molecule has 0 bridgehead atoms. The molecule has 2 unspecified atom stereocenters. The fourth-order valence-electron chi connectivity index (χ4n) is 4.94. The SMILES string of the molecule is COc1cc(OC)cc(N2C(=N)C(=C3Nc4ccccc4N3)C(O)C2CCN(C)C(=O)c2ccccc2)c1. The third-order valence-corrected chi connectivity index (χ3v) is 6.95. The first-order valence-electron chi connectivity index (χ1n) is 12.4. The molecule has 38 heavy (non-hydrogen) atoms. The average molecular weight is 514 g/mol. The molecule has 3 aromatic rings. The number of para-hydroxylation sites is 2. The Hall–Kier alpha value is -4.50. The van der Waals surface area contributed by atoms with Gasteiger partial charge in [0.1, 0.15) is 29.3 Å². The topological polar surface area (TPSA) is 110 Å². The summed E-state index contributed by atoms with van der Waals surface area (Å²) in [5.41, 5.74) is 3.45. The van der Waals surface area contributed by atoms with Crippen LogP contribution < -0.4 is 25.0 Å². The summed E-state index contributed by atoms with van der Waals surface area (Å²) in [6.45, 7) is 0.379. The van der Waals surface area contributed by atoms with Crippen LogP contribution in [0.4, 0.5) is 17.1 Å². The van der Waals surface area contributed by atoms with E-state index in [0.29, 0.717) is 47.1 Å². The highest BCUT2D eigenvalue weighted by atomic mass is 16.5. The van der Waals surface area contributed by atoms with Crippen molar-refractivity contribution in [1.29, 1.82) is 5.41 Å².